The van der Waals surface area contributed by atoms with Gasteiger partial charge < -0.3 is 14.8 Å². The maximum Gasteiger partial charge on any atom is 0.124 e. The van der Waals surface area contributed by atoms with Gasteiger partial charge in [-0.15, -0.1) is 0 Å². The van der Waals surface area contributed by atoms with Gasteiger partial charge in [0, 0.05) is 18.0 Å². The highest BCUT2D eigenvalue weighted by molar-refractivity contribution is 7.99. The molecular weight excluding hydrogens is 270 g/mol. The van der Waals surface area contributed by atoms with E-state index >= 15 is 0 Å². The third-order valence-electron chi connectivity index (χ3n) is 4.25. The number of ether oxygens (including phenoxy) is 2. The van der Waals surface area contributed by atoms with Crippen LogP contribution in [0.25, 0.3) is 0 Å². The van der Waals surface area contributed by atoms with E-state index in [4.69, 9.17) is 9.47 Å². The Kier molecular flexibility index (Phi) is 4.73. The minimum absolute atomic E-state index is 0.406. The molecule has 1 fully saturated rings. The lowest BCUT2D eigenvalue weighted by molar-refractivity contribution is 0.246. The van der Waals surface area contributed by atoms with Gasteiger partial charge in [0.15, 0.2) is 0 Å². The van der Waals surface area contributed by atoms with Gasteiger partial charge in [-0.2, -0.15) is 11.8 Å². The first-order valence-corrected chi connectivity index (χ1v) is 8.64. The van der Waals surface area contributed by atoms with E-state index < -0.39 is 0 Å². The van der Waals surface area contributed by atoms with E-state index in [0.717, 1.165) is 37.0 Å². The zero-order valence-corrected chi connectivity index (χ0v) is 12.9. The van der Waals surface area contributed by atoms with Crippen LogP contribution in [0.4, 0.5) is 0 Å². The number of nitrogens with one attached hydrogen (secondary N) is 1. The Balaban J connectivity index is 1.65. The van der Waals surface area contributed by atoms with Crippen molar-refractivity contribution >= 4 is 11.8 Å². The number of thioether (sulfide) groups is 1. The minimum atomic E-state index is 0.406. The molecule has 110 valence electrons. The predicted octanol–water partition coefficient (Wildman–Crippen LogP) is 3.25. The highest BCUT2D eigenvalue weighted by atomic mass is 32.2. The van der Waals surface area contributed by atoms with Crippen LogP contribution in [0.5, 0.6) is 11.5 Å². The van der Waals surface area contributed by atoms with Crippen molar-refractivity contribution in [2.75, 3.05) is 31.8 Å². The third-order valence-corrected chi connectivity index (χ3v) is 5.30. The molecule has 1 N–H and O–H groups in total. The highest BCUT2D eigenvalue weighted by Crippen LogP contribution is 2.35. The summed E-state index contributed by atoms with van der Waals surface area (Å²) in [5.41, 5.74) is 1.25. The lowest BCUT2D eigenvalue weighted by atomic mass is 9.97. The molecular formula is C16H23NO2S. The maximum absolute atomic E-state index is 5.75. The van der Waals surface area contributed by atoms with E-state index in [2.05, 4.69) is 23.1 Å². The fourth-order valence-corrected chi connectivity index (χ4v) is 4.18. The number of methoxy groups -OCH3 is 1. The molecule has 1 saturated heterocycles. The summed E-state index contributed by atoms with van der Waals surface area (Å²) in [7, 11) is 1.72. The molecule has 0 saturated carbocycles. The average Bonchev–Trinajstić information content (AvgIpc) is 2.53. The van der Waals surface area contributed by atoms with Crippen molar-refractivity contribution in [3.8, 4) is 11.5 Å². The standard InChI is InChI=1S/C16H23NO2S/c1-18-13-2-3-16-14(10-13)15(4-7-19-16)17-11-12-5-8-20-9-6-12/h2-3,10,12,15,17H,4-9,11H2,1H3. The first-order valence-electron chi connectivity index (χ1n) is 7.48. The van der Waals surface area contributed by atoms with Gasteiger partial charge in [-0.3, -0.25) is 0 Å². The van der Waals surface area contributed by atoms with E-state index in [1.807, 2.05) is 12.1 Å². The fraction of sp³-hybridized carbons (Fsp3) is 0.625. The fourth-order valence-electron chi connectivity index (χ4n) is 2.97. The number of benzene rings is 1. The van der Waals surface area contributed by atoms with Crippen LogP contribution in [0.1, 0.15) is 30.9 Å². The molecule has 2 heterocycles. The zero-order valence-electron chi connectivity index (χ0n) is 12.1. The zero-order chi connectivity index (χ0) is 13.8. The molecule has 3 nitrogen and oxygen atoms in total. The van der Waals surface area contributed by atoms with Gasteiger partial charge in [0.05, 0.1) is 13.7 Å². The van der Waals surface area contributed by atoms with E-state index in [1.54, 1.807) is 7.11 Å². The van der Waals surface area contributed by atoms with Crippen LogP contribution in [-0.2, 0) is 0 Å². The van der Waals surface area contributed by atoms with Crippen LogP contribution in [0.2, 0.25) is 0 Å². The summed E-state index contributed by atoms with van der Waals surface area (Å²) in [5.74, 6) is 5.41. The molecule has 0 radical (unpaired) electrons. The van der Waals surface area contributed by atoms with E-state index in [-0.39, 0.29) is 0 Å². The number of rotatable bonds is 4. The Morgan fingerprint density at radius 3 is 2.95 bits per heavy atom. The van der Waals surface area contributed by atoms with Crippen molar-refractivity contribution in [3.05, 3.63) is 23.8 Å². The highest BCUT2D eigenvalue weighted by Gasteiger charge is 2.23. The SMILES string of the molecule is COc1ccc2c(c1)C(NCC1CCSCC1)CCO2. The van der Waals surface area contributed by atoms with Crippen LogP contribution in [-0.4, -0.2) is 31.8 Å². The van der Waals surface area contributed by atoms with Crippen LogP contribution >= 0.6 is 11.8 Å². The maximum atomic E-state index is 5.75. The predicted molar refractivity (Wildman–Crippen MR) is 83.9 cm³/mol. The molecule has 2 aliphatic rings. The Morgan fingerprint density at radius 2 is 2.15 bits per heavy atom. The second-order valence-corrected chi connectivity index (χ2v) is 6.78. The molecule has 1 aromatic carbocycles. The van der Waals surface area contributed by atoms with Gasteiger partial charge in [-0.05, 0) is 55.0 Å². The summed E-state index contributed by atoms with van der Waals surface area (Å²) in [6.07, 6.45) is 3.75. The quantitative estimate of drug-likeness (QED) is 0.923. The topological polar surface area (TPSA) is 30.5 Å². The van der Waals surface area contributed by atoms with Crippen molar-refractivity contribution < 1.29 is 9.47 Å². The number of hydrogen-bond donors (Lipinski definition) is 1. The van der Waals surface area contributed by atoms with Gasteiger partial charge in [0.2, 0.25) is 0 Å². The third kappa shape index (κ3) is 3.23. The monoisotopic (exact) mass is 293 g/mol. The molecule has 2 aliphatic heterocycles. The average molecular weight is 293 g/mol. The van der Waals surface area contributed by atoms with Gasteiger partial charge >= 0.3 is 0 Å². The Bertz CT molecular complexity index is 446. The van der Waals surface area contributed by atoms with E-state index in [0.29, 0.717) is 6.04 Å². The summed E-state index contributed by atoms with van der Waals surface area (Å²) in [4.78, 5) is 0. The second-order valence-electron chi connectivity index (χ2n) is 5.56. The molecule has 1 unspecified atom stereocenters. The van der Waals surface area contributed by atoms with Crippen molar-refractivity contribution in [2.24, 2.45) is 5.92 Å². The van der Waals surface area contributed by atoms with Crippen LogP contribution < -0.4 is 14.8 Å². The summed E-state index contributed by atoms with van der Waals surface area (Å²) >= 11 is 2.09. The van der Waals surface area contributed by atoms with Crippen LogP contribution in [0, 0.1) is 5.92 Å². The van der Waals surface area contributed by atoms with Gasteiger partial charge in [0.1, 0.15) is 11.5 Å². The largest absolute Gasteiger partial charge is 0.497 e. The first kappa shape index (κ1) is 14.1. The lowest BCUT2D eigenvalue weighted by Gasteiger charge is -2.30. The van der Waals surface area contributed by atoms with Gasteiger partial charge in [0.25, 0.3) is 0 Å². The molecule has 4 heteroatoms. The van der Waals surface area contributed by atoms with Gasteiger partial charge in [-0.1, -0.05) is 0 Å². The summed E-state index contributed by atoms with van der Waals surface area (Å²) < 4.78 is 11.1. The molecule has 0 amide bonds. The Hall–Kier alpha value is -0.870. The first-order chi connectivity index (χ1) is 9.86. The van der Waals surface area contributed by atoms with Crippen LogP contribution in [0.3, 0.4) is 0 Å². The number of hydrogen-bond acceptors (Lipinski definition) is 4. The van der Waals surface area contributed by atoms with Crippen molar-refractivity contribution in [1.82, 2.24) is 5.32 Å². The second kappa shape index (κ2) is 6.72. The molecule has 1 aromatic rings. The minimum Gasteiger partial charge on any atom is -0.497 e. The van der Waals surface area contributed by atoms with Crippen LogP contribution in [0.15, 0.2) is 18.2 Å². The molecule has 20 heavy (non-hydrogen) atoms. The molecule has 1 atom stereocenters. The number of fused-ring (bicyclic) bond motifs is 1. The Morgan fingerprint density at radius 1 is 1.30 bits per heavy atom. The van der Waals surface area contributed by atoms with Crippen molar-refractivity contribution in [1.29, 1.82) is 0 Å². The summed E-state index contributed by atoms with van der Waals surface area (Å²) in [5, 5.41) is 3.75. The molecule has 0 aromatic heterocycles. The molecule has 0 aliphatic carbocycles. The lowest BCUT2D eigenvalue weighted by Crippen LogP contribution is -2.32. The Labute approximate surface area is 125 Å². The molecule has 0 spiro atoms. The van der Waals surface area contributed by atoms with E-state index in [1.165, 1.54) is 29.9 Å². The van der Waals surface area contributed by atoms with E-state index in [9.17, 15) is 0 Å². The molecule has 0 bridgehead atoms. The smallest absolute Gasteiger partial charge is 0.124 e. The normalized spacial score (nSPS) is 22.9. The molecule has 3 rings (SSSR count). The van der Waals surface area contributed by atoms with Crippen molar-refractivity contribution in [2.45, 2.75) is 25.3 Å². The van der Waals surface area contributed by atoms with Crippen molar-refractivity contribution in [3.63, 3.8) is 0 Å². The summed E-state index contributed by atoms with van der Waals surface area (Å²) in [6, 6.07) is 6.52. The summed E-state index contributed by atoms with van der Waals surface area (Å²) in [6.45, 7) is 1.93. The van der Waals surface area contributed by atoms with Gasteiger partial charge in [-0.25, -0.2) is 0 Å².